The highest BCUT2D eigenvalue weighted by Gasteiger charge is 2.07. The number of hydrogen-bond donors (Lipinski definition) is 0. The lowest BCUT2D eigenvalue weighted by atomic mass is 10.2. The average Bonchev–Trinajstić information content (AvgIpc) is 2.62. The third kappa shape index (κ3) is 3.38. The van der Waals surface area contributed by atoms with Crippen LogP contribution >= 0.6 is 0 Å². The molecule has 0 saturated carbocycles. The second-order valence-electron chi connectivity index (χ2n) is 5.38. The zero-order valence-corrected chi connectivity index (χ0v) is 14.4. The number of methoxy groups -OCH3 is 1. The van der Waals surface area contributed by atoms with Gasteiger partial charge in [0.15, 0.2) is 11.5 Å². The average molecular weight is 337 g/mol. The molecule has 0 N–H and O–H groups in total. The van der Waals surface area contributed by atoms with Gasteiger partial charge in [0.2, 0.25) is 0 Å². The summed E-state index contributed by atoms with van der Waals surface area (Å²) in [5.74, 6) is 1.81. The van der Waals surface area contributed by atoms with Crippen molar-refractivity contribution in [3.8, 4) is 11.5 Å². The number of rotatable bonds is 5. The molecule has 1 aromatic heterocycles. The number of benzene rings is 2. The fourth-order valence-corrected chi connectivity index (χ4v) is 2.54. The first-order valence-corrected chi connectivity index (χ1v) is 7.97. The smallest absolute Gasteiger partial charge is 0.282 e. The summed E-state index contributed by atoms with van der Waals surface area (Å²) in [4.78, 5) is 17.0. The highest BCUT2D eigenvalue weighted by atomic mass is 16.5. The van der Waals surface area contributed by atoms with Gasteiger partial charge in [0.1, 0.15) is 5.82 Å². The van der Waals surface area contributed by atoms with E-state index in [-0.39, 0.29) is 5.56 Å². The number of ether oxygens (including phenoxy) is 2. The molecule has 0 unspecified atom stereocenters. The van der Waals surface area contributed by atoms with Gasteiger partial charge in [-0.15, -0.1) is 0 Å². The van der Waals surface area contributed by atoms with Crippen molar-refractivity contribution in [1.29, 1.82) is 0 Å². The third-order valence-electron chi connectivity index (χ3n) is 3.73. The van der Waals surface area contributed by atoms with Crippen LogP contribution in [0.25, 0.3) is 10.9 Å². The van der Waals surface area contributed by atoms with E-state index in [1.54, 1.807) is 32.4 Å². The van der Waals surface area contributed by atoms with Crippen LogP contribution in [0.2, 0.25) is 0 Å². The van der Waals surface area contributed by atoms with Crippen molar-refractivity contribution in [2.24, 2.45) is 5.10 Å². The summed E-state index contributed by atoms with van der Waals surface area (Å²) in [6.45, 7) is 4.19. The topological polar surface area (TPSA) is 65.7 Å². The van der Waals surface area contributed by atoms with Gasteiger partial charge in [-0.1, -0.05) is 12.1 Å². The number of fused-ring (bicyclic) bond motifs is 1. The van der Waals surface area contributed by atoms with Gasteiger partial charge in [-0.2, -0.15) is 9.78 Å². The van der Waals surface area contributed by atoms with E-state index in [1.165, 1.54) is 4.68 Å². The van der Waals surface area contributed by atoms with Gasteiger partial charge in [-0.25, -0.2) is 4.98 Å². The van der Waals surface area contributed by atoms with Crippen LogP contribution in [-0.2, 0) is 0 Å². The zero-order valence-electron chi connectivity index (χ0n) is 14.4. The minimum Gasteiger partial charge on any atom is -0.493 e. The number of aromatic nitrogens is 2. The van der Waals surface area contributed by atoms with Crippen molar-refractivity contribution in [3.05, 3.63) is 64.2 Å². The SMILES string of the molecule is CCOc1cc(/C=N\n2c(C)nc3ccccc3c2=O)ccc1OC. The molecule has 0 amide bonds. The highest BCUT2D eigenvalue weighted by molar-refractivity contribution is 5.81. The van der Waals surface area contributed by atoms with E-state index >= 15 is 0 Å². The Labute approximate surface area is 145 Å². The van der Waals surface area contributed by atoms with Crippen LogP contribution in [-0.4, -0.2) is 29.6 Å². The fraction of sp³-hybridized carbons (Fsp3) is 0.211. The molecule has 6 nitrogen and oxygen atoms in total. The van der Waals surface area contributed by atoms with Gasteiger partial charge < -0.3 is 9.47 Å². The molecule has 0 atom stereocenters. The Morgan fingerprint density at radius 1 is 1.20 bits per heavy atom. The summed E-state index contributed by atoms with van der Waals surface area (Å²) in [7, 11) is 1.59. The lowest BCUT2D eigenvalue weighted by molar-refractivity contribution is 0.311. The molecular weight excluding hydrogens is 318 g/mol. The molecular formula is C19H19N3O3. The molecule has 0 aliphatic rings. The maximum atomic E-state index is 12.6. The fourth-order valence-electron chi connectivity index (χ4n) is 2.54. The summed E-state index contributed by atoms with van der Waals surface area (Å²) in [5, 5.41) is 4.84. The Morgan fingerprint density at radius 3 is 2.76 bits per heavy atom. The van der Waals surface area contributed by atoms with Crippen molar-refractivity contribution in [2.45, 2.75) is 13.8 Å². The minimum atomic E-state index is -0.196. The monoisotopic (exact) mass is 337 g/mol. The van der Waals surface area contributed by atoms with Crippen LogP contribution < -0.4 is 15.0 Å². The molecule has 0 aliphatic carbocycles. The van der Waals surface area contributed by atoms with E-state index in [1.807, 2.05) is 37.3 Å². The lowest BCUT2D eigenvalue weighted by Gasteiger charge is -2.09. The molecule has 0 saturated heterocycles. The van der Waals surface area contributed by atoms with E-state index in [0.29, 0.717) is 34.8 Å². The Balaban J connectivity index is 2.01. The van der Waals surface area contributed by atoms with E-state index < -0.39 is 0 Å². The number of hydrogen-bond acceptors (Lipinski definition) is 5. The second kappa shape index (κ2) is 7.17. The molecule has 0 aliphatic heterocycles. The molecule has 0 radical (unpaired) electrons. The van der Waals surface area contributed by atoms with Crippen molar-refractivity contribution < 1.29 is 9.47 Å². The maximum absolute atomic E-state index is 12.6. The number of aryl methyl sites for hydroxylation is 1. The molecule has 3 rings (SSSR count). The van der Waals surface area contributed by atoms with E-state index in [0.717, 1.165) is 5.56 Å². The van der Waals surface area contributed by atoms with Gasteiger partial charge in [0, 0.05) is 0 Å². The van der Waals surface area contributed by atoms with Crippen molar-refractivity contribution >= 4 is 17.1 Å². The molecule has 0 bridgehead atoms. The second-order valence-corrected chi connectivity index (χ2v) is 5.38. The first kappa shape index (κ1) is 16.7. The van der Waals surface area contributed by atoms with Crippen LogP contribution in [0.1, 0.15) is 18.3 Å². The quantitative estimate of drug-likeness (QED) is 0.671. The summed E-state index contributed by atoms with van der Waals surface area (Å²) < 4.78 is 12.1. The van der Waals surface area contributed by atoms with Crippen molar-refractivity contribution in [3.63, 3.8) is 0 Å². The van der Waals surface area contributed by atoms with Crippen molar-refractivity contribution in [2.75, 3.05) is 13.7 Å². The van der Waals surface area contributed by atoms with Crippen LogP contribution in [0.15, 0.2) is 52.4 Å². The predicted octanol–water partition coefficient (Wildman–Crippen LogP) is 2.99. The summed E-state index contributed by atoms with van der Waals surface area (Å²) in [6.07, 6.45) is 1.60. The standard InChI is InChI=1S/C19H19N3O3/c1-4-25-18-11-14(9-10-17(18)24-3)12-20-22-13(2)21-16-8-6-5-7-15(16)19(22)23/h5-12H,4H2,1-3H3/b20-12-. The van der Waals surface area contributed by atoms with E-state index in [9.17, 15) is 4.79 Å². The van der Waals surface area contributed by atoms with Gasteiger partial charge in [-0.3, -0.25) is 4.79 Å². The highest BCUT2D eigenvalue weighted by Crippen LogP contribution is 2.27. The molecule has 0 spiro atoms. The Morgan fingerprint density at radius 2 is 2.00 bits per heavy atom. The summed E-state index contributed by atoms with van der Waals surface area (Å²) in [6, 6.07) is 12.7. The van der Waals surface area contributed by atoms with Gasteiger partial charge in [0.05, 0.1) is 30.8 Å². The molecule has 1 heterocycles. The van der Waals surface area contributed by atoms with Crippen LogP contribution in [0.5, 0.6) is 11.5 Å². The predicted molar refractivity (Wildman–Crippen MR) is 97.9 cm³/mol. The molecule has 2 aromatic carbocycles. The van der Waals surface area contributed by atoms with Crippen molar-refractivity contribution in [1.82, 2.24) is 9.66 Å². The van der Waals surface area contributed by atoms with Crippen LogP contribution in [0.4, 0.5) is 0 Å². The number of nitrogens with zero attached hydrogens (tertiary/aromatic N) is 3. The first-order valence-electron chi connectivity index (χ1n) is 7.97. The molecule has 6 heteroatoms. The Kier molecular flexibility index (Phi) is 4.79. The van der Waals surface area contributed by atoms with Crippen LogP contribution in [0, 0.1) is 6.92 Å². The minimum absolute atomic E-state index is 0.196. The van der Waals surface area contributed by atoms with Gasteiger partial charge in [0.25, 0.3) is 5.56 Å². The Bertz CT molecular complexity index is 993. The number of para-hydroxylation sites is 1. The zero-order chi connectivity index (χ0) is 17.8. The van der Waals surface area contributed by atoms with Gasteiger partial charge >= 0.3 is 0 Å². The molecule has 25 heavy (non-hydrogen) atoms. The maximum Gasteiger partial charge on any atom is 0.282 e. The summed E-state index contributed by atoms with van der Waals surface area (Å²) in [5.41, 5.74) is 1.26. The Hall–Kier alpha value is -3.15. The molecule has 3 aromatic rings. The largest absolute Gasteiger partial charge is 0.493 e. The summed E-state index contributed by atoms with van der Waals surface area (Å²) >= 11 is 0. The lowest BCUT2D eigenvalue weighted by Crippen LogP contribution is -2.20. The van der Waals surface area contributed by atoms with E-state index in [4.69, 9.17) is 9.47 Å². The molecule has 0 fully saturated rings. The normalized spacial score (nSPS) is 11.2. The molecule has 128 valence electrons. The third-order valence-corrected chi connectivity index (χ3v) is 3.73. The van der Waals surface area contributed by atoms with Gasteiger partial charge in [-0.05, 0) is 49.7 Å². The van der Waals surface area contributed by atoms with E-state index in [2.05, 4.69) is 10.1 Å². The van der Waals surface area contributed by atoms with Crippen LogP contribution in [0.3, 0.4) is 0 Å². The first-order chi connectivity index (χ1) is 12.1.